The third-order valence-electron chi connectivity index (χ3n) is 4.51. The molecule has 0 spiro atoms. The van der Waals surface area contributed by atoms with Crippen LogP contribution in [0.2, 0.25) is 0 Å². The number of nitrogens with two attached hydrogens (primary N) is 1. The van der Waals surface area contributed by atoms with Crippen molar-refractivity contribution in [3.05, 3.63) is 18.0 Å². The van der Waals surface area contributed by atoms with Gasteiger partial charge in [0.15, 0.2) is 0 Å². The molecule has 2 heterocycles. The van der Waals surface area contributed by atoms with Gasteiger partial charge >= 0.3 is 0 Å². The maximum absolute atomic E-state index is 12.7. The van der Waals surface area contributed by atoms with Crippen LogP contribution in [0.3, 0.4) is 0 Å². The van der Waals surface area contributed by atoms with E-state index in [1.54, 1.807) is 13.2 Å². The third-order valence-corrected chi connectivity index (χ3v) is 4.51. The molecule has 1 saturated carbocycles. The molecule has 3 rings (SSSR count). The van der Waals surface area contributed by atoms with Crippen molar-refractivity contribution < 1.29 is 9.53 Å². The summed E-state index contributed by atoms with van der Waals surface area (Å²) in [7, 11) is 1.72. The number of nitrogens with zero attached hydrogens (tertiary/aromatic N) is 2. The van der Waals surface area contributed by atoms with Crippen LogP contribution in [-0.4, -0.2) is 41.7 Å². The topological polar surface area (TPSA) is 60.5 Å². The van der Waals surface area contributed by atoms with Gasteiger partial charge in [-0.3, -0.25) is 4.79 Å². The van der Waals surface area contributed by atoms with Crippen molar-refractivity contribution in [2.45, 2.75) is 38.3 Å². The predicted octanol–water partition coefficient (Wildman–Crippen LogP) is 1.90. The van der Waals surface area contributed by atoms with Gasteiger partial charge in [-0.15, -0.1) is 0 Å². The van der Waals surface area contributed by atoms with Crippen LogP contribution >= 0.6 is 0 Å². The first-order chi connectivity index (χ1) is 9.60. The number of hydrogen-bond donors (Lipinski definition) is 1. The second kappa shape index (κ2) is 5.13. The van der Waals surface area contributed by atoms with Gasteiger partial charge in [0.25, 0.3) is 5.91 Å². The molecule has 2 atom stereocenters. The molecule has 20 heavy (non-hydrogen) atoms. The molecule has 1 amide bonds. The highest BCUT2D eigenvalue weighted by molar-refractivity contribution is 5.94. The maximum Gasteiger partial charge on any atom is 0.270 e. The van der Waals surface area contributed by atoms with Gasteiger partial charge in [0, 0.05) is 32.4 Å². The van der Waals surface area contributed by atoms with Crippen LogP contribution in [0.5, 0.6) is 0 Å². The summed E-state index contributed by atoms with van der Waals surface area (Å²) in [6, 6.07) is 2.27. The molecule has 1 aliphatic carbocycles. The van der Waals surface area contributed by atoms with E-state index in [0.717, 1.165) is 31.5 Å². The molecule has 1 saturated heterocycles. The summed E-state index contributed by atoms with van der Waals surface area (Å²) < 4.78 is 7.54. The van der Waals surface area contributed by atoms with E-state index in [2.05, 4.69) is 11.5 Å². The first-order valence-corrected chi connectivity index (χ1v) is 7.39. The van der Waals surface area contributed by atoms with E-state index < -0.39 is 0 Å². The van der Waals surface area contributed by atoms with Crippen molar-refractivity contribution in [2.75, 3.05) is 25.9 Å². The summed E-state index contributed by atoms with van der Waals surface area (Å²) in [6.07, 6.45) is 5.31. The van der Waals surface area contributed by atoms with Crippen LogP contribution < -0.4 is 5.73 Å². The average molecular weight is 277 g/mol. The Labute approximate surface area is 119 Å². The minimum absolute atomic E-state index is 0.0857. The van der Waals surface area contributed by atoms with Gasteiger partial charge in [0.05, 0.1) is 11.8 Å². The summed E-state index contributed by atoms with van der Waals surface area (Å²) in [5.74, 6) is 0.590. The molecule has 0 radical (unpaired) electrons. The minimum atomic E-state index is 0.0857. The molecule has 1 aromatic heterocycles. The number of aromatic nitrogens is 1. The zero-order chi connectivity index (χ0) is 14.3. The molecular weight excluding hydrogens is 254 g/mol. The number of hydrogen-bond acceptors (Lipinski definition) is 3. The van der Waals surface area contributed by atoms with Gasteiger partial charge in [-0.1, -0.05) is 6.92 Å². The van der Waals surface area contributed by atoms with Crippen LogP contribution in [0.1, 0.15) is 42.7 Å². The lowest BCUT2D eigenvalue weighted by Gasteiger charge is -2.36. The van der Waals surface area contributed by atoms with Gasteiger partial charge in [-0.2, -0.15) is 0 Å². The Kier molecular flexibility index (Phi) is 3.46. The Morgan fingerprint density at radius 1 is 1.40 bits per heavy atom. The lowest BCUT2D eigenvalue weighted by molar-refractivity contribution is -0.00194. The molecule has 1 aliphatic heterocycles. The van der Waals surface area contributed by atoms with Crippen molar-refractivity contribution in [1.82, 2.24) is 9.47 Å². The van der Waals surface area contributed by atoms with Crippen LogP contribution in [-0.2, 0) is 4.74 Å². The Balaban J connectivity index is 1.78. The molecule has 2 fully saturated rings. The first kappa shape index (κ1) is 13.5. The Morgan fingerprint density at radius 3 is 2.80 bits per heavy atom. The smallest absolute Gasteiger partial charge is 0.270 e. The molecule has 5 heteroatoms. The van der Waals surface area contributed by atoms with E-state index in [1.165, 1.54) is 0 Å². The highest BCUT2D eigenvalue weighted by Gasteiger charge is 2.33. The van der Waals surface area contributed by atoms with Crippen LogP contribution in [0.4, 0.5) is 5.69 Å². The Bertz CT molecular complexity index is 507. The van der Waals surface area contributed by atoms with Gasteiger partial charge in [0.2, 0.25) is 0 Å². The zero-order valence-electron chi connectivity index (χ0n) is 12.2. The fraction of sp³-hybridized carbons (Fsp3) is 0.667. The number of carbonyl (C=O) groups is 1. The number of amides is 1. The Hall–Kier alpha value is -1.49. The first-order valence-electron chi connectivity index (χ1n) is 7.39. The Morgan fingerprint density at radius 2 is 2.15 bits per heavy atom. The van der Waals surface area contributed by atoms with Gasteiger partial charge in [0.1, 0.15) is 5.69 Å². The standard InChI is InChI=1S/C15H23N3O2/c1-10-5-6-17(9-14(10)20-2)15(19)13-7-11(16)8-18(13)12-3-4-12/h7-8,10,12,14H,3-6,9,16H2,1-2H3. The summed E-state index contributed by atoms with van der Waals surface area (Å²) in [6.45, 7) is 3.66. The molecule has 0 bridgehead atoms. The van der Waals surface area contributed by atoms with Gasteiger partial charge in [-0.05, 0) is 31.2 Å². The maximum atomic E-state index is 12.7. The zero-order valence-corrected chi connectivity index (χ0v) is 12.2. The second-order valence-electron chi connectivity index (χ2n) is 6.09. The second-order valence-corrected chi connectivity index (χ2v) is 6.09. The number of rotatable bonds is 3. The monoisotopic (exact) mass is 277 g/mol. The van der Waals surface area contributed by atoms with Crippen molar-refractivity contribution >= 4 is 11.6 Å². The quantitative estimate of drug-likeness (QED) is 0.918. The van der Waals surface area contributed by atoms with E-state index in [-0.39, 0.29) is 12.0 Å². The molecule has 2 unspecified atom stereocenters. The van der Waals surface area contributed by atoms with Crippen molar-refractivity contribution in [3.63, 3.8) is 0 Å². The van der Waals surface area contributed by atoms with Crippen molar-refractivity contribution in [3.8, 4) is 0 Å². The third kappa shape index (κ3) is 2.42. The number of ether oxygens (including phenoxy) is 1. The molecule has 0 aromatic carbocycles. The summed E-state index contributed by atoms with van der Waals surface area (Å²) in [4.78, 5) is 14.6. The van der Waals surface area contributed by atoms with Crippen LogP contribution in [0, 0.1) is 5.92 Å². The average Bonchev–Trinajstić information content (AvgIpc) is 3.21. The van der Waals surface area contributed by atoms with E-state index in [1.807, 2.05) is 11.1 Å². The molecule has 2 N–H and O–H groups in total. The van der Waals surface area contributed by atoms with Gasteiger partial charge < -0.3 is 19.9 Å². The normalized spacial score (nSPS) is 26.8. The van der Waals surface area contributed by atoms with Crippen molar-refractivity contribution in [1.29, 1.82) is 0 Å². The predicted molar refractivity (Wildman–Crippen MR) is 77.6 cm³/mol. The lowest BCUT2D eigenvalue weighted by atomic mass is 9.95. The highest BCUT2D eigenvalue weighted by Crippen LogP contribution is 2.37. The number of piperidine rings is 1. The van der Waals surface area contributed by atoms with E-state index in [0.29, 0.717) is 24.2 Å². The van der Waals surface area contributed by atoms with Crippen LogP contribution in [0.15, 0.2) is 12.3 Å². The number of carbonyl (C=O) groups excluding carboxylic acids is 1. The number of methoxy groups -OCH3 is 1. The number of nitrogen functional groups attached to an aromatic ring is 1. The number of likely N-dealkylation sites (tertiary alicyclic amines) is 1. The highest BCUT2D eigenvalue weighted by atomic mass is 16.5. The number of anilines is 1. The fourth-order valence-corrected chi connectivity index (χ4v) is 3.01. The fourth-order valence-electron chi connectivity index (χ4n) is 3.01. The summed E-state index contributed by atoms with van der Waals surface area (Å²) in [5.41, 5.74) is 7.28. The molecular formula is C15H23N3O2. The minimum Gasteiger partial charge on any atom is -0.397 e. The molecule has 5 nitrogen and oxygen atoms in total. The van der Waals surface area contributed by atoms with E-state index in [9.17, 15) is 4.79 Å². The summed E-state index contributed by atoms with van der Waals surface area (Å²) in [5, 5.41) is 0. The van der Waals surface area contributed by atoms with Crippen molar-refractivity contribution in [2.24, 2.45) is 5.92 Å². The molecule has 110 valence electrons. The van der Waals surface area contributed by atoms with E-state index >= 15 is 0 Å². The lowest BCUT2D eigenvalue weighted by Crippen LogP contribution is -2.47. The SMILES string of the molecule is COC1CN(C(=O)c2cc(N)cn2C2CC2)CCC1C. The largest absolute Gasteiger partial charge is 0.397 e. The van der Waals surface area contributed by atoms with Crippen LogP contribution in [0.25, 0.3) is 0 Å². The molecule has 1 aromatic rings. The van der Waals surface area contributed by atoms with Gasteiger partial charge in [-0.25, -0.2) is 0 Å². The molecule has 2 aliphatic rings. The summed E-state index contributed by atoms with van der Waals surface area (Å²) >= 11 is 0. The van der Waals surface area contributed by atoms with E-state index in [4.69, 9.17) is 10.5 Å².